The molecule has 0 radical (unpaired) electrons. The van der Waals surface area contributed by atoms with Crippen molar-refractivity contribution in [1.29, 1.82) is 0 Å². The molecule has 0 aromatic heterocycles. The highest BCUT2D eigenvalue weighted by molar-refractivity contribution is 7.87. The Balaban J connectivity index is 0.000000242. The summed E-state index contributed by atoms with van der Waals surface area (Å²) in [6.07, 6.45) is 21.4. The number of fused-ring (bicyclic) bond motifs is 4. The van der Waals surface area contributed by atoms with Gasteiger partial charge < -0.3 is 43.9 Å². The van der Waals surface area contributed by atoms with E-state index in [1.165, 1.54) is 60.7 Å². The fourth-order valence-corrected chi connectivity index (χ4v) is 22.1. The van der Waals surface area contributed by atoms with Gasteiger partial charge >= 0.3 is 11.9 Å². The number of nitrogens with one attached hydrogen (secondary N) is 1. The van der Waals surface area contributed by atoms with Crippen molar-refractivity contribution >= 4 is 139 Å². The smallest absolute Gasteiger partial charge is 0.306 e. The molecule has 0 atom stereocenters. The zero-order valence-corrected chi connectivity index (χ0v) is 78.5. The maximum absolute atomic E-state index is 12.2. The van der Waals surface area contributed by atoms with Crippen LogP contribution < -0.4 is 20.0 Å². The van der Waals surface area contributed by atoms with Gasteiger partial charge in [-0.2, -0.15) is 46.7 Å². The molecule has 43 heteroatoms. The third-order valence-corrected chi connectivity index (χ3v) is 31.4. The molecule has 4 aromatic rings. The Kier molecular flexibility index (Phi) is 30.9. The van der Waals surface area contributed by atoms with Gasteiger partial charge in [-0.05, 0) is 210 Å². The summed E-state index contributed by atoms with van der Waals surface area (Å²) in [5, 5.41) is 21.9. The number of piperidine rings is 2. The van der Waals surface area contributed by atoms with Crippen LogP contribution in [0.25, 0.3) is 0 Å². The second-order valence-corrected chi connectivity index (χ2v) is 46.7. The molecule has 696 valence electrons. The van der Waals surface area contributed by atoms with Gasteiger partial charge in [0.25, 0.3) is 50.6 Å². The van der Waals surface area contributed by atoms with E-state index in [1.54, 1.807) is 12.1 Å². The van der Waals surface area contributed by atoms with Gasteiger partial charge in [0.15, 0.2) is 5.71 Å². The lowest BCUT2D eigenvalue weighted by atomic mass is 9.81. The van der Waals surface area contributed by atoms with Gasteiger partial charge in [0.1, 0.15) is 39.9 Å². The van der Waals surface area contributed by atoms with Crippen LogP contribution in [0.5, 0.6) is 0 Å². The molecule has 2 aliphatic carbocycles. The molecule has 127 heavy (non-hydrogen) atoms. The Bertz CT molecular complexity index is 6190. The lowest BCUT2D eigenvalue weighted by Gasteiger charge is -2.28. The summed E-state index contributed by atoms with van der Waals surface area (Å²) in [4.78, 5) is 26.4. The van der Waals surface area contributed by atoms with Crippen LogP contribution in [0.2, 0.25) is 0 Å². The number of nitrogens with zero attached hydrogens (tertiary/aromatic N) is 5. The van der Waals surface area contributed by atoms with E-state index in [0.717, 1.165) is 60.4 Å². The minimum absolute atomic E-state index is 0.0293. The van der Waals surface area contributed by atoms with Crippen LogP contribution in [0.4, 0.5) is 22.7 Å². The minimum atomic E-state index is -4.82. The van der Waals surface area contributed by atoms with Gasteiger partial charge in [0.2, 0.25) is 11.4 Å². The number of anilines is 3. The summed E-state index contributed by atoms with van der Waals surface area (Å²) < 4.78 is 276. The van der Waals surface area contributed by atoms with Crippen molar-refractivity contribution in [1.82, 2.24) is 5.32 Å². The van der Waals surface area contributed by atoms with E-state index in [2.05, 4.69) is 9.89 Å². The molecule has 3 fully saturated rings. The van der Waals surface area contributed by atoms with E-state index in [4.69, 9.17) is 16.7 Å². The van der Waals surface area contributed by atoms with E-state index < -0.39 is 153 Å². The quantitative estimate of drug-likeness (QED) is 0.0203. The summed E-state index contributed by atoms with van der Waals surface area (Å²) in [5.41, 5.74) is 8.21. The van der Waals surface area contributed by atoms with Crippen LogP contribution in [-0.2, 0) is 112 Å². The summed E-state index contributed by atoms with van der Waals surface area (Å²) in [7, 11) is -36.0. The molecule has 6 aliphatic heterocycles. The molecule has 2 saturated heterocycles. The van der Waals surface area contributed by atoms with Crippen molar-refractivity contribution in [2.45, 2.75) is 187 Å². The number of hydrogen-bond acceptors (Lipinski definition) is 25. The van der Waals surface area contributed by atoms with Gasteiger partial charge in [-0.15, -0.1) is 0 Å². The number of allylic oxidation sites excluding steroid dienone is 16. The average Bonchev–Trinajstić information content (AvgIpc) is 1.60. The highest BCUT2D eigenvalue weighted by Gasteiger charge is 2.47. The van der Waals surface area contributed by atoms with E-state index in [9.17, 15) is 118 Å². The number of carbonyl (C=O) groups is 2. The molecule has 8 N–H and O–H groups in total. The fourth-order valence-electron chi connectivity index (χ4n) is 17.8. The molecule has 0 unspecified atom stereocenters. The molecule has 8 aliphatic rings. The van der Waals surface area contributed by atoms with Crippen molar-refractivity contribution in [3.8, 4) is 0 Å². The summed E-state index contributed by atoms with van der Waals surface area (Å²) >= 11 is 7.03. The Morgan fingerprint density at radius 3 is 1.21 bits per heavy atom. The number of aliphatic carboxylic acids is 2. The normalized spacial score (nSPS) is 21.7. The fraction of sp³-hybridized carbons (Fsp3) is 0.476. The molecular formula is C84H106ClN6O28S8-. The number of carboxylic acid groups (broad SMARTS) is 2. The molecular weight excluding hydrogens is 1830 g/mol. The largest absolute Gasteiger partial charge is 0.748 e. The first-order valence-corrected chi connectivity index (χ1v) is 53.4. The molecule has 0 bridgehead atoms. The van der Waals surface area contributed by atoms with Gasteiger partial charge in [-0.25, -0.2) is 29.8 Å². The van der Waals surface area contributed by atoms with Crippen molar-refractivity contribution in [3.63, 3.8) is 0 Å². The molecule has 4 aromatic carbocycles. The van der Waals surface area contributed by atoms with Gasteiger partial charge in [-0.1, -0.05) is 77.4 Å². The van der Waals surface area contributed by atoms with E-state index >= 15 is 0 Å². The number of halogens is 1. The first kappa shape index (κ1) is 101. The standard InChI is InChI=1S/C42H53N3O14S4.C36H43ClN2O12S4.C6H11NO2/c1-41(2)33-26-31(62(54,55)56)12-14-35(33)44(20-6-24-60(48,49)50)37(41)16-10-28-8-5-9-29(39(28)43-22-18-30(19-23-43)40(46)47)11-17-38-42(3,4)34-27-32(63(57,58)59)13-15-36(34)45(38)21-7-25-61(51,52)53;1-35(2)28-22-26(54(46,47)48)12-14-30(28)38(18-6-20-52(40,41)42)32(35)16-10-24-8-5-9-25(34(24)37)11-17-33-36(3,4)29-23-27(55(49,50)51)13-15-31(29)39(33)19-7-21-53(43,44)45;8-6(9)5-1-3-7-4-2-5/h10-17,26-27,30H,5-9,18-25H2,1-4H3,(H4-,46,47,48,49,50,51,52,53,54,55,56,57,58,59);10-17,22-23H,5-9,18-21H2,1-4H3,(H3-,40,41,42,43,44,45,46,47,48,49,50,51);5,7H,1-4H2,(H,8,9)/p-1. The summed E-state index contributed by atoms with van der Waals surface area (Å²) in [6.45, 7) is 18.1. The average molecular weight is 1940 g/mol. The molecule has 1 saturated carbocycles. The van der Waals surface area contributed by atoms with Gasteiger partial charge in [0, 0.05) is 129 Å². The highest BCUT2D eigenvalue weighted by atomic mass is 35.5. The van der Waals surface area contributed by atoms with E-state index in [0.29, 0.717) is 131 Å². The van der Waals surface area contributed by atoms with Crippen LogP contribution >= 0.6 is 11.6 Å². The Hall–Kier alpha value is -7.99. The second kappa shape index (κ2) is 38.8. The minimum Gasteiger partial charge on any atom is -0.748 e. The zero-order chi connectivity index (χ0) is 94.1. The number of benzene rings is 4. The predicted octanol–water partition coefficient (Wildman–Crippen LogP) is 10.4. The topological polar surface area (TPSA) is 546 Å². The van der Waals surface area contributed by atoms with Crippen molar-refractivity contribution in [2.75, 3.05) is 90.1 Å². The Morgan fingerprint density at radius 2 is 0.819 bits per heavy atom. The van der Waals surface area contributed by atoms with Crippen molar-refractivity contribution in [3.05, 3.63) is 188 Å². The molecule has 12 rings (SSSR count). The SMILES string of the molecule is CC1(C)C(/C=C/C2=C(Cl)C(=C/C=C3\N(CCCS(=O)(=O)O)c4ccc(S(=O)(=O)O)cc4C3(C)C)/CCC2)=[N+](CCCS(=O)(=O)O)c2ccc(S(=O)(=O)[O-])cc21.CC1(C)C(=CC=C2CCC/C(=C\C=C3/N(CCCS(=O)(=O)O)c4ccc(S(=O)(=O)O)cc4C3(C)C)C2=[N+]2CCC(C(=O)O)CC2)N(CCCS(=O)(=O)[O-])c2ccc(S(=O)(=O)[O-])cc21.O=C(O)C1CCNCC1. The molecule has 34 nitrogen and oxygen atoms in total. The van der Waals surface area contributed by atoms with Crippen molar-refractivity contribution in [2.24, 2.45) is 11.8 Å². The van der Waals surface area contributed by atoms with E-state index in [1.807, 2.05) is 123 Å². The second-order valence-electron chi connectivity index (χ2n) is 34.5. The molecule has 0 spiro atoms. The lowest BCUT2D eigenvalue weighted by Crippen LogP contribution is -2.36. The summed E-state index contributed by atoms with van der Waals surface area (Å²) in [6, 6.07) is 16.5. The first-order chi connectivity index (χ1) is 58.6. The van der Waals surface area contributed by atoms with Gasteiger partial charge in [0.05, 0.1) is 64.2 Å². The third kappa shape index (κ3) is 24.6. The van der Waals surface area contributed by atoms with Crippen LogP contribution in [0.1, 0.15) is 168 Å². The third-order valence-electron chi connectivity index (χ3n) is 24.3. The van der Waals surface area contributed by atoms with Crippen LogP contribution in [0.15, 0.2) is 185 Å². The number of carboxylic acids is 2. The number of rotatable bonds is 27. The number of hydrogen-bond donors (Lipinski definition) is 8. The van der Waals surface area contributed by atoms with Crippen LogP contribution in [-0.4, -0.2) is 222 Å². The zero-order valence-electron chi connectivity index (χ0n) is 71.2. The summed E-state index contributed by atoms with van der Waals surface area (Å²) in [5.74, 6) is -4.26. The molecule has 0 amide bonds. The Morgan fingerprint density at radius 1 is 0.457 bits per heavy atom. The van der Waals surface area contributed by atoms with Crippen LogP contribution in [0.3, 0.4) is 0 Å². The predicted molar refractivity (Wildman–Crippen MR) is 474 cm³/mol. The maximum Gasteiger partial charge on any atom is 0.306 e. The lowest BCUT2D eigenvalue weighted by molar-refractivity contribution is -0.539. The molecule has 6 heterocycles. The monoisotopic (exact) mass is 1940 g/mol. The maximum atomic E-state index is 12.2. The van der Waals surface area contributed by atoms with Gasteiger partial charge in [-0.3, -0.25) is 32.4 Å². The Labute approximate surface area is 747 Å². The highest BCUT2D eigenvalue weighted by Crippen LogP contribution is 2.53. The first-order valence-electron chi connectivity index (χ1n) is 40.9. The van der Waals surface area contributed by atoms with Crippen LogP contribution in [0, 0.1) is 11.8 Å². The van der Waals surface area contributed by atoms with E-state index in [-0.39, 0.29) is 67.6 Å². The van der Waals surface area contributed by atoms with Crippen molar-refractivity contribution < 1.29 is 133 Å².